The summed E-state index contributed by atoms with van der Waals surface area (Å²) in [6.45, 7) is 5.50. The Kier molecular flexibility index (Phi) is 6.51. The van der Waals surface area contributed by atoms with Crippen LogP contribution in [0.2, 0.25) is 0 Å². The molecule has 2 aromatic heterocycles. The van der Waals surface area contributed by atoms with Crippen molar-refractivity contribution < 1.29 is 13.9 Å². The number of fused-ring (bicyclic) bond motifs is 3. The minimum absolute atomic E-state index is 0.144. The number of carbonyl (C=O) groups is 1. The number of ether oxygens (including phenoxy) is 1. The minimum Gasteiger partial charge on any atom is -0.497 e. The summed E-state index contributed by atoms with van der Waals surface area (Å²) in [6, 6.07) is 17.3. The number of carbonyl (C=O) groups excluding carboxylic acids is 1. The molecule has 1 amide bonds. The third-order valence-corrected chi connectivity index (χ3v) is 7.42. The van der Waals surface area contributed by atoms with E-state index in [0.717, 1.165) is 55.0 Å². The molecular formula is C26H27N3O4S. The Labute approximate surface area is 201 Å². The van der Waals surface area contributed by atoms with E-state index in [-0.39, 0.29) is 5.91 Å². The minimum atomic E-state index is -0.405. The predicted molar refractivity (Wildman–Crippen MR) is 136 cm³/mol. The van der Waals surface area contributed by atoms with Gasteiger partial charge in [-0.25, -0.2) is 4.79 Å². The first-order chi connectivity index (χ1) is 16.6. The summed E-state index contributed by atoms with van der Waals surface area (Å²) in [5, 5.41) is 4.32. The average molecular weight is 478 g/mol. The Hall–Kier alpha value is -3.36. The lowest BCUT2D eigenvalue weighted by Crippen LogP contribution is -2.47. The molecule has 0 unspecified atom stereocenters. The molecule has 1 fully saturated rings. The normalized spacial score (nSPS) is 14.6. The van der Waals surface area contributed by atoms with E-state index < -0.39 is 5.63 Å². The van der Waals surface area contributed by atoms with Crippen LogP contribution in [0, 0.1) is 0 Å². The second-order valence-electron chi connectivity index (χ2n) is 8.38. The summed E-state index contributed by atoms with van der Waals surface area (Å²) in [4.78, 5) is 30.4. The van der Waals surface area contributed by atoms with Gasteiger partial charge in [-0.1, -0.05) is 12.1 Å². The molecule has 1 N–H and O–H groups in total. The van der Waals surface area contributed by atoms with E-state index >= 15 is 0 Å². The molecule has 34 heavy (non-hydrogen) atoms. The van der Waals surface area contributed by atoms with Crippen molar-refractivity contribution in [3.05, 3.63) is 69.9 Å². The molecule has 0 saturated carbocycles. The Balaban J connectivity index is 1.11. The number of amides is 1. The molecule has 3 heterocycles. The number of hydrogen-bond acceptors (Lipinski definition) is 7. The average Bonchev–Trinajstić information content (AvgIpc) is 3.34. The molecule has 1 saturated heterocycles. The molecule has 5 rings (SSSR count). The van der Waals surface area contributed by atoms with Crippen molar-refractivity contribution in [1.29, 1.82) is 0 Å². The first kappa shape index (κ1) is 22.4. The zero-order chi connectivity index (χ0) is 23.5. The van der Waals surface area contributed by atoms with Crippen LogP contribution in [0.1, 0.15) is 16.1 Å². The predicted octanol–water partition coefficient (Wildman–Crippen LogP) is 3.96. The van der Waals surface area contributed by atoms with Crippen LogP contribution >= 0.6 is 11.3 Å². The molecular weight excluding hydrogens is 450 g/mol. The Bertz CT molecular complexity index is 1350. The van der Waals surface area contributed by atoms with Crippen molar-refractivity contribution in [2.45, 2.75) is 6.42 Å². The van der Waals surface area contributed by atoms with Gasteiger partial charge in [-0.2, -0.15) is 0 Å². The van der Waals surface area contributed by atoms with Gasteiger partial charge in [-0.05, 0) is 55.4 Å². The SMILES string of the molecule is COc1ccc(N2CCN(CCCNC(=O)c3cc4c(=O)oc5ccccc5c4s3)CC2)cc1. The summed E-state index contributed by atoms with van der Waals surface area (Å²) >= 11 is 1.34. The van der Waals surface area contributed by atoms with Gasteiger partial charge >= 0.3 is 5.63 Å². The quantitative estimate of drug-likeness (QED) is 0.321. The number of thiophene rings is 1. The summed E-state index contributed by atoms with van der Waals surface area (Å²) in [5.41, 5.74) is 1.36. The van der Waals surface area contributed by atoms with Crippen molar-refractivity contribution in [2.75, 3.05) is 51.3 Å². The topological polar surface area (TPSA) is 75.0 Å². The van der Waals surface area contributed by atoms with Crippen LogP contribution in [-0.4, -0.2) is 57.2 Å². The lowest BCUT2D eigenvalue weighted by molar-refractivity contribution is 0.0955. The molecule has 0 radical (unpaired) electrons. The highest BCUT2D eigenvalue weighted by atomic mass is 32.1. The van der Waals surface area contributed by atoms with Gasteiger partial charge in [-0.15, -0.1) is 11.3 Å². The van der Waals surface area contributed by atoms with Gasteiger partial charge in [0.15, 0.2) is 0 Å². The maximum Gasteiger partial charge on any atom is 0.345 e. The molecule has 7 nitrogen and oxygen atoms in total. The van der Waals surface area contributed by atoms with Gasteiger partial charge in [0.1, 0.15) is 11.3 Å². The van der Waals surface area contributed by atoms with Crippen LogP contribution in [0.5, 0.6) is 5.75 Å². The molecule has 1 aliphatic heterocycles. The number of nitrogens with one attached hydrogen (secondary N) is 1. The first-order valence-corrected chi connectivity index (χ1v) is 12.3. The van der Waals surface area contributed by atoms with E-state index in [1.165, 1.54) is 17.0 Å². The highest BCUT2D eigenvalue weighted by Gasteiger charge is 2.18. The van der Waals surface area contributed by atoms with E-state index in [9.17, 15) is 9.59 Å². The van der Waals surface area contributed by atoms with Gasteiger partial charge in [0.25, 0.3) is 5.91 Å². The van der Waals surface area contributed by atoms with Crippen molar-refractivity contribution in [3.63, 3.8) is 0 Å². The lowest BCUT2D eigenvalue weighted by Gasteiger charge is -2.36. The molecule has 0 atom stereocenters. The number of hydrogen-bond donors (Lipinski definition) is 1. The summed E-state index contributed by atoms with van der Waals surface area (Å²) in [6.07, 6.45) is 0.879. The van der Waals surface area contributed by atoms with E-state index in [1.54, 1.807) is 19.2 Å². The largest absolute Gasteiger partial charge is 0.497 e. The van der Waals surface area contributed by atoms with Gasteiger partial charge in [0, 0.05) is 43.8 Å². The molecule has 8 heteroatoms. The number of methoxy groups -OCH3 is 1. The summed E-state index contributed by atoms with van der Waals surface area (Å²) in [5.74, 6) is 0.728. The molecule has 1 aliphatic rings. The van der Waals surface area contributed by atoms with Crippen LogP contribution in [-0.2, 0) is 0 Å². The third-order valence-electron chi connectivity index (χ3n) is 6.26. The highest BCUT2D eigenvalue weighted by molar-refractivity contribution is 7.21. The Morgan fingerprint density at radius 1 is 1.06 bits per heavy atom. The number of benzene rings is 2. The maximum absolute atomic E-state index is 12.7. The van der Waals surface area contributed by atoms with Crippen LogP contribution < -0.4 is 20.6 Å². The molecule has 0 bridgehead atoms. The summed E-state index contributed by atoms with van der Waals surface area (Å²) in [7, 11) is 1.68. The summed E-state index contributed by atoms with van der Waals surface area (Å²) < 4.78 is 11.4. The van der Waals surface area contributed by atoms with Crippen molar-refractivity contribution in [2.24, 2.45) is 0 Å². The number of anilines is 1. The van der Waals surface area contributed by atoms with Crippen molar-refractivity contribution in [3.8, 4) is 5.75 Å². The van der Waals surface area contributed by atoms with E-state index in [1.807, 2.05) is 30.3 Å². The fourth-order valence-corrected chi connectivity index (χ4v) is 5.46. The number of para-hydroxylation sites is 1. The standard InChI is InChI=1S/C26H27N3O4S/c1-32-19-9-7-18(8-10-19)29-15-13-28(14-16-29)12-4-11-27-25(30)23-17-21-24(34-23)20-5-2-3-6-22(20)33-26(21)31/h2-3,5-10,17H,4,11-16H2,1H3,(H,27,30). The van der Waals surface area contributed by atoms with Crippen LogP contribution in [0.15, 0.2) is 63.8 Å². The van der Waals surface area contributed by atoms with Crippen molar-refractivity contribution in [1.82, 2.24) is 10.2 Å². The zero-order valence-corrected chi connectivity index (χ0v) is 19.9. The third kappa shape index (κ3) is 4.64. The van der Waals surface area contributed by atoms with Gasteiger partial charge in [0.2, 0.25) is 0 Å². The fourth-order valence-electron chi connectivity index (χ4n) is 4.37. The molecule has 4 aromatic rings. The monoisotopic (exact) mass is 477 g/mol. The Morgan fingerprint density at radius 3 is 2.59 bits per heavy atom. The van der Waals surface area contributed by atoms with Crippen LogP contribution in [0.25, 0.3) is 21.1 Å². The number of piperazine rings is 1. The second-order valence-corrected chi connectivity index (χ2v) is 9.43. The Morgan fingerprint density at radius 2 is 1.82 bits per heavy atom. The number of nitrogens with zero attached hydrogens (tertiary/aromatic N) is 2. The van der Waals surface area contributed by atoms with Crippen molar-refractivity contribution >= 4 is 44.0 Å². The van der Waals surface area contributed by atoms with E-state index in [2.05, 4.69) is 27.2 Å². The van der Waals surface area contributed by atoms with Gasteiger partial charge in [-0.3, -0.25) is 9.69 Å². The first-order valence-electron chi connectivity index (χ1n) is 11.5. The zero-order valence-electron chi connectivity index (χ0n) is 19.1. The van der Waals surface area contributed by atoms with Crippen LogP contribution in [0.3, 0.4) is 0 Å². The van der Waals surface area contributed by atoms with Crippen LogP contribution in [0.4, 0.5) is 5.69 Å². The lowest BCUT2D eigenvalue weighted by atomic mass is 10.2. The molecule has 0 aliphatic carbocycles. The molecule has 2 aromatic carbocycles. The second kappa shape index (κ2) is 9.87. The van der Waals surface area contributed by atoms with E-state index in [0.29, 0.717) is 22.4 Å². The smallest absolute Gasteiger partial charge is 0.345 e. The highest BCUT2D eigenvalue weighted by Crippen LogP contribution is 2.30. The maximum atomic E-state index is 12.7. The van der Waals surface area contributed by atoms with Gasteiger partial charge in [0.05, 0.1) is 22.1 Å². The fraction of sp³-hybridized carbons (Fsp3) is 0.308. The molecule has 0 spiro atoms. The van der Waals surface area contributed by atoms with Gasteiger partial charge < -0.3 is 19.4 Å². The molecule has 176 valence electrons. The van der Waals surface area contributed by atoms with E-state index in [4.69, 9.17) is 9.15 Å². The number of rotatable bonds is 7.